The quantitative estimate of drug-likeness (QED) is 0.274. The highest BCUT2D eigenvalue weighted by Crippen LogP contribution is 2.69. The second-order valence-electron chi connectivity index (χ2n) is 11.0. The van der Waals surface area contributed by atoms with Gasteiger partial charge in [0.2, 0.25) is 0 Å². The second kappa shape index (κ2) is 9.54. The Labute approximate surface area is 203 Å². The lowest BCUT2D eigenvalue weighted by atomic mass is 9.42. The normalized spacial score (nSPS) is 42.8. The highest BCUT2D eigenvalue weighted by molar-refractivity contribution is 8.66. The third-order valence-electron chi connectivity index (χ3n) is 9.83. The molecule has 0 aliphatic heterocycles. The summed E-state index contributed by atoms with van der Waals surface area (Å²) in [5.74, 6) is 4.13. The Kier molecular flexibility index (Phi) is 7.30. The zero-order valence-electron chi connectivity index (χ0n) is 20.0. The first kappa shape index (κ1) is 24.5. The monoisotopic (exact) mass is 476 g/mol. The summed E-state index contributed by atoms with van der Waals surface area (Å²) in [5.41, 5.74) is 1.61. The lowest BCUT2D eigenvalue weighted by Gasteiger charge is -2.62. The maximum Gasteiger partial charge on any atom is 0.138 e. The predicted molar refractivity (Wildman–Crippen MR) is 136 cm³/mol. The molecule has 1 aromatic carbocycles. The molecule has 1 N–H and O–H groups in total. The third kappa shape index (κ3) is 3.94. The molecule has 5 rings (SSSR count). The van der Waals surface area contributed by atoms with E-state index < -0.39 is 0 Å². The van der Waals surface area contributed by atoms with E-state index in [2.05, 4.69) is 49.8 Å². The van der Waals surface area contributed by atoms with Gasteiger partial charge in [0.05, 0.1) is 6.10 Å². The molecule has 4 aliphatic carbocycles. The fourth-order valence-corrected chi connectivity index (χ4v) is 8.79. The smallest absolute Gasteiger partial charge is 0.138 e. The number of hydrogen-bond donors (Lipinski definition) is 2. The lowest BCUT2D eigenvalue weighted by Crippen LogP contribution is -2.56. The van der Waals surface area contributed by atoms with Crippen molar-refractivity contribution in [2.45, 2.75) is 91.1 Å². The predicted octanol–water partition coefficient (Wildman–Crippen LogP) is 7.25. The van der Waals surface area contributed by atoms with Crippen LogP contribution in [0.4, 0.5) is 0 Å². The highest BCUT2D eigenvalue weighted by Gasteiger charge is 2.63. The molecule has 5 heteroatoms. The van der Waals surface area contributed by atoms with Gasteiger partial charge in [-0.15, -0.1) is 0 Å². The number of ketones is 1. The SMILES string of the molecule is CC.CC12CC(c3ccc(OSS)cc3)C3C(CCC4CC(=O)CCC43C)C1CCC2O. The standard InChI is InChI=1S/C25H34O3S2.C2H6/c1-24-12-11-17(26)13-16(24)5-8-19-21-9-10-22(27)25(21,2)14-20(23(19)24)15-3-6-18(7-4-15)28-30-29;1-2/h3-4,6-7,16,19-23,27,29H,5,8-14H2,1-2H3;1-2H3. The summed E-state index contributed by atoms with van der Waals surface area (Å²) in [6.07, 6.45) is 7.95. The van der Waals surface area contributed by atoms with E-state index in [1.165, 1.54) is 18.4 Å². The van der Waals surface area contributed by atoms with Gasteiger partial charge in [0.15, 0.2) is 0 Å². The zero-order chi connectivity index (χ0) is 23.1. The molecule has 3 nitrogen and oxygen atoms in total. The number of hydrogen-bond acceptors (Lipinski definition) is 5. The number of carbonyl (C=O) groups is 1. The maximum atomic E-state index is 12.3. The van der Waals surface area contributed by atoms with Crippen molar-refractivity contribution in [1.29, 1.82) is 0 Å². The summed E-state index contributed by atoms with van der Waals surface area (Å²) in [6, 6.07) is 8.57. The summed E-state index contributed by atoms with van der Waals surface area (Å²) in [6.45, 7) is 8.85. The average Bonchev–Trinajstić information content (AvgIpc) is 3.10. The Morgan fingerprint density at radius 2 is 1.78 bits per heavy atom. The molecule has 4 fully saturated rings. The minimum atomic E-state index is -0.187. The molecule has 8 atom stereocenters. The molecule has 0 spiro atoms. The fraction of sp³-hybridized carbons (Fsp3) is 0.741. The number of carbonyl (C=O) groups excluding carboxylic acids is 1. The van der Waals surface area contributed by atoms with Crippen LogP contribution in [0.5, 0.6) is 5.75 Å². The third-order valence-corrected chi connectivity index (χ3v) is 10.3. The molecule has 8 unspecified atom stereocenters. The van der Waals surface area contributed by atoms with Gasteiger partial charge in [-0.25, -0.2) is 0 Å². The summed E-state index contributed by atoms with van der Waals surface area (Å²) in [7, 11) is 0. The lowest BCUT2D eigenvalue weighted by molar-refractivity contribution is -0.147. The van der Waals surface area contributed by atoms with Gasteiger partial charge in [-0.05, 0) is 96.6 Å². The van der Waals surface area contributed by atoms with Gasteiger partial charge in [0, 0.05) is 12.8 Å². The number of rotatable bonds is 3. The average molecular weight is 477 g/mol. The van der Waals surface area contributed by atoms with E-state index in [4.69, 9.17) is 4.18 Å². The van der Waals surface area contributed by atoms with Gasteiger partial charge in [0.1, 0.15) is 22.6 Å². The van der Waals surface area contributed by atoms with Gasteiger partial charge >= 0.3 is 0 Å². The molecular weight excluding hydrogens is 436 g/mol. The first-order chi connectivity index (χ1) is 15.4. The molecule has 4 aliphatic rings. The first-order valence-electron chi connectivity index (χ1n) is 12.6. The van der Waals surface area contributed by atoms with Crippen molar-refractivity contribution in [2.75, 3.05) is 0 Å². The van der Waals surface area contributed by atoms with Crippen LogP contribution in [-0.2, 0) is 4.79 Å². The Bertz CT molecular complexity index is 812. The molecule has 0 heterocycles. The topological polar surface area (TPSA) is 46.5 Å². The van der Waals surface area contributed by atoms with Gasteiger partial charge in [-0.1, -0.05) is 51.5 Å². The van der Waals surface area contributed by atoms with Gasteiger partial charge in [0.25, 0.3) is 0 Å². The number of aliphatic hydroxyl groups is 1. The number of thiol groups is 1. The highest BCUT2D eigenvalue weighted by atomic mass is 33.1. The van der Waals surface area contributed by atoms with Crippen molar-refractivity contribution in [3.8, 4) is 5.75 Å². The van der Waals surface area contributed by atoms with Crippen molar-refractivity contribution in [3.63, 3.8) is 0 Å². The number of aliphatic hydroxyl groups excluding tert-OH is 1. The zero-order valence-corrected chi connectivity index (χ0v) is 21.8. The fourth-order valence-electron chi connectivity index (χ4n) is 8.34. The van der Waals surface area contributed by atoms with E-state index in [0.717, 1.165) is 55.3 Å². The Balaban J connectivity index is 0.00000119. The van der Waals surface area contributed by atoms with E-state index in [9.17, 15) is 9.90 Å². The molecule has 178 valence electrons. The van der Waals surface area contributed by atoms with E-state index >= 15 is 0 Å². The van der Waals surface area contributed by atoms with Crippen LogP contribution in [0, 0.1) is 34.5 Å². The Hall–Kier alpha value is -0.650. The van der Waals surface area contributed by atoms with Gasteiger partial charge in [-0.2, -0.15) is 0 Å². The first-order valence-corrected chi connectivity index (χ1v) is 14.4. The van der Waals surface area contributed by atoms with Crippen LogP contribution >= 0.6 is 22.7 Å². The minimum Gasteiger partial charge on any atom is -0.415 e. The molecule has 0 aromatic heterocycles. The summed E-state index contributed by atoms with van der Waals surface area (Å²) < 4.78 is 5.48. The van der Waals surface area contributed by atoms with Gasteiger partial charge < -0.3 is 9.29 Å². The van der Waals surface area contributed by atoms with Crippen molar-refractivity contribution in [1.82, 2.24) is 0 Å². The van der Waals surface area contributed by atoms with Crippen molar-refractivity contribution in [2.24, 2.45) is 34.5 Å². The van der Waals surface area contributed by atoms with E-state index in [-0.39, 0.29) is 16.9 Å². The van der Waals surface area contributed by atoms with Gasteiger partial charge in [-0.3, -0.25) is 4.79 Å². The van der Waals surface area contributed by atoms with E-state index in [1.54, 1.807) is 0 Å². The largest absolute Gasteiger partial charge is 0.415 e. The molecule has 0 saturated heterocycles. The molecule has 0 radical (unpaired) electrons. The Morgan fingerprint density at radius 1 is 1.06 bits per heavy atom. The minimum absolute atomic E-state index is 0.00956. The Morgan fingerprint density at radius 3 is 2.47 bits per heavy atom. The van der Waals surface area contributed by atoms with Crippen molar-refractivity contribution < 1.29 is 14.1 Å². The summed E-state index contributed by atoms with van der Waals surface area (Å²) in [5, 5.41) is 11.0. The maximum absolute atomic E-state index is 12.3. The van der Waals surface area contributed by atoms with Crippen LogP contribution in [0.1, 0.15) is 90.5 Å². The van der Waals surface area contributed by atoms with Crippen LogP contribution in [0.25, 0.3) is 0 Å². The van der Waals surface area contributed by atoms with Crippen LogP contribution in [0.15, 0.2) is 24.3 Å². The summed E-state index contributed by atoms with van der Waals surface area (Å²) in [4.78, 5) is 12.3. The molecular formula is C27H40O3S2. The van der Waals surface area contributed by atoms with Crippen LogP contribution < -0.4 is 4.18 Å². The number of Topliss-reactive ketones (excluding diaryl/α,β-unsaturated/α-hetero) is 1. The van der Waals surface area contributed by atoms with Crippen molar-refractivity contribution in [3.05, 3.63) is 29.8 Å². The molecule has 0 amide bonds. The summed E-state index contributed by atoms with van der Waals surface area (Å²) >= 11 is 5.16. The second-order valence-corrected chi connectivity index (χ2v) is 11.7. The number of fused-ring (bicyclic) bond motifs is 5. The molecule has 0 bridgehead atoms. The van der Waals surface area contributed by atoms with Crippen molar-refractivity contribution >= 4 is 28.5 Å². The molecule has 4 saturated carbocycles. The molecule has 1 aromatic rings. The van der Waals surface area contributed by atoms with Crippen LogP contribution in [0.2, 0.25) is 0 Å². The van der Waals surface area contributed by atoms with E-state index in [1.807, 2.05) is 13.8 Å². The van der Waals surface area contributed by atoms with Crippen LogP contribution in [-0.4, -0.2) is 17.0 Å². The van der Waals surface area contributed by atoms with Crippen LogP contribution in [0.3, 0.4) is 0 Å². The van der Waals surface area contributed by atoms with E-state index in [0.29, 0.717) is 35.4 Å². The molecule has 32 heavy (non-hydrogen) atoms. The number of benzene rings is 1.